The van der Waals surface area contributed by atoms with E-state index in [9.17, 15) is 4.79 Å². The smallest absolute Gasteiger partial charge is 0.315 e. The molecule has 2 N–H and O–H groups in total. The van der Waals surface area contributed by atoms with Gasteiger partial charge in [0.2, 0.25) is 0 Å². The summed E-state index contributed by atoms with van der Waals surface area (Å²) >= 11 is 0. The Morgan fingerprint density at radius 2 is 2.00 bits per heavy atom. The lowest BCUT2D eigenvalue weighted by atomic mass is 10.0. The van der Waals surface area contributed by atoms with Crippen molar-refractivity contribution in [2.75, 3.05) is 6.61 Å². The van der Waals surface area contributed by atoms with Crippen molar-refractivity contribution in [1.29, 1.82) is 0 Å². The number of ether oxygens (including phenoxy) is 1. The molecule has 1 aliphatic heterocycles. The Morgan fingerprint density at radius 1 is 1.18 bits per heavy atom. The van der Waals surface area contributed by atoms with Gasteiger partial charge in [0.05, 0.1) is 12.6 Å². The SMILES string of the molecule is O=C(NC1CC1)NC1CCOc2ccccc21. The minimum Gasteiger partial charge on any atom is -0.493 e. The van der Waals surface area contributed by atoms with Gasteiger partial charge in [0.15, 0.2) is 0 Å². The van der Waals surface area contributed by atoms with Crippen LogP contribution in [0.2, 0.25) is 0 Å². The van der Waals surface area contributed by atoms with Crippen LogP contribution in [0.15, 0.2) is 24.3 Å². The minimum atomic E-state index is -0.0609. The summed E-state index contributed by atoms with van der Waals surface area (Å²) in [7, 11) is 0. The Kier molecular flexibility index (Phi) is 2.63. The van der Waals surface area contributed by atoms with Gasteiger partial charge in [-0.3, -0.25) is 0 Å². The first-order valence-corrected chi connectivity index (χ1v) is 6.12. The second-order valence-electron chi connectivity index (χ2n) is 4.62. The topological polar surface area (TPSA) is 50.4 Å². The summed E-state index contributed by atoms with van der Waals surface area (Å²) in [5, 5.41) is 5.96. The van der Waals surface area contributed by atoms with Gasteiger partial charge < -0.3 is 15.4 Å². The van der Waals surface area contributed by atoms with Gasteiger partial charge in [0.25, 0.3) is 0 Å². The van der Waals surface area contributed by atoms with Crippen LogP contribution in [0.1, 0.15) is 30.9 Å². The molecule has 1 aromatic carbocycles. The first-order chi connectivity index (χ1) is 8.33. The first kappa shape index (κ1) is 10.4. The molecule has 0 radical (unpaired) electrons. The summed E-state index contributed by atoms with van der Waals surface area (Å²) < 4.78 is 5.56. The van der Waals surface area contributed by atoms with E-state index in [0.29, 0.717) is 12.6 Å². The summed E-state index contributed by atoms with van der Waals surface area (Å²) in [4.78, 5) is 11.7. The molecule has 2 amide bonds. The molecule has 17 heavy (non-hydrogen) atoms. The molecule has 90 valence electrons. The summed E-state index contributed by atoms with van der Waals surface area (Å²) in [6.07, 6.45) is 3.05. The molecule has 4 heteroatoms. The number of carbonyl (C=O) groups excluding carboxylic acids is 1. The third kappa shape index (κ3) is 2.35. The van der Waals surface area contributed by atoms with Crippen molar-refractivity contribution >= 4 is 6.03 Å². The van der Waals surface area contributed by atoms with Crippen molar-refractivity contribution in [3.63, 3.8) is 0 Å². The van der Waals surface area contributed by atoms with E-state index in [2.05, 4.69) is 10.6 Å². The molecular weight excluding hydrogens is 216 g/mol. The summed E-state index contributed by atoms with van der Waals surface area (Å²) in [6.45, 7) is 0.658. The lowest BCUT2D eigenvalue weighted by Gasteiger charge is -2.26. The second kappa shape index (κ2) is 4.28. The zero-order valence-corrected chi connectivity index (χ0v) is 9.61. The number of fused-ring (bicyclic) bond motifs is 1. The standard InChI is InChI=1S/C13H16N2O2/c16-13(14-9-5-6-9)15-11-7-8-17-12-4-2-1-3-10(11)12/h1-4,9,11H,5-8H2,(H2,14,15,16). The quantitative estimate of drug-likeness (QED) is 0.819. The summed E-state index contributed by atoms with van der Waals surface area (Å²) in [5.41, 5.74) is 1.07. The fourth-order valence-electron chi connectivity index (χ4n) is 2.10. The van der Waals surface area contributed by atoms with E-state index in [1.807, 2.05) is 24.3 Å². The number of rotatable bonds is 2. The molecule has 1 fully saturated rings. The lowest BCUT2D eigenvalue weighted by molar-refractivity contribution is 0.223. The van der Waals surface area contributed by atoms with Gasteiger partial charge >= 0.3 is 6.03 Å². The fourth-order valence-corrected chi connectivity index (χ4v) is 2.10. The van der Waals surface area contributed by atoms with Crippen molar-refractivity contribution in [3.05, 3.63) is 29.8 Å². The number of hydrogen-bond acceptors (Lipinski definition) is 2. The Morgan fingerprint density at radius 3 is 2.82 bits per heavy atom. The zero-order chi connectivity index (χ0) is 11.7. The van der Waals surface area contributed by atoms with Gasteiger partial charge in [0.1, 0.15) is 5.75 Å². The first-order valence-electron chi connectivity index (χ1n) is 6.12. The Labute approximate surface area is 100 Å². The average molecular weight is 232 g/mol. The molecule has 2 aliphatic rings. The molecule has 1 atom stereocenters. The highest BCUT2D eigenvalue weighted by Gasteiger charge is 2.26. The van der Waals surface area contributed by atoms with Crippen LogP contribution in [0.4, 0.5) is 4.79 Å². The summed E-state index contributed by atoms with van der Waals surface area (Å²) in [5.74, 6) is 0.885. The number of para-hydroxylation sites is 1. The van der Waals surface area contributed by atoms with Crippen LogP contribution < -0.4 is 15.4 Å². The van der Waals surface area contributed by atoms with Crippen molar-refractivity contribution < 1.29 is 9.53 Å². The molecular formula is C13H16N2O2. The Hall–Kier alpha value is -1.71. The number of carbonyl (C=O) groups is 1. The molecule has 1 aliphatic carbocycles. The van der Waals surface area contributed by atoms with Gasteiger partial charge in [0, 0.05) is 18.0 Å². The molecule has 0 spiro atoms. The second-order valence-corrected chi connectivity index (χ2v) is 4.62. The largest absolute Gasteiger partial charge is 0.493 e. The third-order valence-corrected chi connectivity index (χ3v) is 3.18. The highest BCUT2D eigenvalue weighted by atomic mass is 16.5. The summed E-state index contributed by atoms with van der Waals surface area (Å²) in [6, 6.07) is 8.28. The molecule has 1 saturated carbocycles. The fraction of sp³-hybridized carbons (Fsp3) is 0.462. The van der Waals surface area contributed by atoms with Gasteiger partial charge in [-0.25, -0.2) is 4.79 Å². The highest BCUT2D eigenvalue weighted by Crippen LogP contribution is 2.31. The maximum atomic E-state index is 11.7. The normalized spacial score (nSPS) is 22.2. The number of hydrogen-bond donors (Lipinski definition) is 2. The van der Waals surface area contributed by atoms with Crippen LogP contribution in [0.25, 0.3) is 0 Å². The molecule has 0 aromatic heterocycles. The average Bonchev–Trinajstić information content (AvgIpc) is 3.13. The van der Waals surface area contributed by atoms with E-state index in [0.717, 1.165) is 30.6 Å². The molecule has 1 unspecified atom stereocenters. The molecule has 0 saturated heterocycles. The van der Waals surface area contributed by atoms with Gasteiger partial charge in [-0.1, -0.05) is 18.2 Å². The van der Waals surface area contributed by atoms with E-state index in [4.69, 9.17) is 4.74 Å². The van der Waals surface area contributed by atoms with Crippen molar-refractivity contribution in [2.45, 2.75) is 31.3 Å². The van der Waals surface area contributed by atoms with Crippen LogP contribution in [0, 0.1) is 0 Å². The molecule has 0 bridgehead atoms. The van der Waals surface area contributed by atoms with Crippen molar-refractivity contribution in [1.82, 2.24) is 10.6 Å². The lowest BCUT2D eigenvalue weighted by Crippen LogP contribution is -2.40. The predicted molar refractivity (Wildman–Crippen MR) is 64.0 cm³/mol. The molecule has 1 heterocycles. The monoisotopic (exact) mass is 232 g/mol. The van der Waals surface area contributed by atoms with E-state index >= 15 is 0 Å². The maximum absolute atomic E-state index is 11.7. The van der Waals surface area contributed by atoms with Gasteiger partial charge in [-0.2, -0.15) is 0 Å². The maximum Gasteiger partial charge on any atom is 0.315 e. The zero-order valence-electron chi connectivity index (χ0n) is 9.61. The van der Waals surface area contributed by atoms with E-state index in [-0.39, 0.29) is 12.1 Å². The van der Waals surface area contributed by atoms with E-state index < -0.39 is 0 Å². The van der Waals surface area contributed by atoms with Crippen LogP contribution in [0.5, 0.6) is 5.75 Å². The van der Waals surface area contributed by atoms with E-state index in [1.54, 1.807) is 0 Å². The molecule has 3 rings (SSSR count). The van der Waals surface area contributed by atoms with Gasteiger partial charge in [-0.15, -0.1) is 0 Å². The number of urea groups is 1. The molecule has 4 nitrogen and oxygen atoms in total. The van der Waals surface area contributed by atoms with Crippen molar-refractivity contribution in [3.8, 4) is 5.75 Å². The number of amides is 2. The Balaban J connectivity index is 1.69. The minimum absolute atomic E-state index is 0.0609. The van der Waals surface area contributed by atoms with Gasteiger partial charge in [-0.05, 0) is 18.9 Å². The Bertz CT molecular complexity index is 429. The van der Waals surface area contributed by atoms with Crippen LogP contribution in [-0.4, -0.2) is 18.7 Å². The van der Waals surface area contributed by atoms with E-state index in [1.165, 1.54) is 0 Å². The van der Waals surface area contributed by atoms with Crippen LogP contribution >= 0.6 is 0 Å². The highest BCUT2D eigenvalue weighted by molar-refractivity contribution is 5.75. The number of nitrogens with one attached hydrogen (secondary N) is 2. The van der Waals surface area contributed by atoms with Crippen molar-refractivity contribution in [2.24, 2.45) is 0 Å². The van der Waals surface area contributed by atoms with Crippen LogP contribution in [-0.2, 0) is 0 Å². The van der Waals surface area contributed by atoms with Crippen LogP contribution in [0.3, 0.4) is 0 Å². The predicted octanol–water partition coefficient (Wildman–Crippen LogP) is 1.97. The number of benzene rings is 1. The third-order valence-electron chi connectivity index (χ3n) is 3.18. The molecule has 1 aromatic rings.